The fraction of sp³-hybridized carbons (Fsp3) is 0.500. The number of carbonyl (C=O) groups is 1. The Labute approximate surface area is 114 Å². The zero-order valence-corrected chi connectivity index (χ0v) is 11.9. The lowest BCUT2D eigenvalue weighted by Crippen LogP contribution is -2.33. The molecule has 1 amide bonds. The summed E-state index contributed by atoms with van der Waals surface area (Å²) >= 11 is 9.20. The van der Waals surface area contributed by atoms with Crippen molar-refractivity contribution >= 4 is 33.4 Å². The van der Waals surface area contributed by atoms with Crippen LogP contribution in [-0.2, 0) is 0 Å². The fourth-order valence-corrected chi connectivity index (χ4v) is 2.70. The van der Waals surface area contributed by atoms with E-state index < -0.39 is 0 Å². The first kappa shape index (κ1) is 12.8. The highest BCUT2D eigenvalue weighted by Gasteiger charge is 2.24. The van der Waals surface area contributed by atoms with Gasteiger partial charge in [0.2, 0.25) is 0 Å². The first-order valence-electron chi connectivity index (χ1n) is 5.68. The van der Waals surface area contributed by atoms with Crippen molar-refractivity contribution in [1.29, 1.82) is 0 Å². The summed E-state index contributed by atoms with van der Waals surface area (Å²) in [7, 11) is 0. The number of amides is 1. The van der Waals surface area contributed by atoms with Gasteiger partial charge in [-0.25, -0.2) is 4.98 Å². The van der Waals surface area contributed by atoms with Gasteiger partial charge in [-0.1, -0.05) is 18.5 Å². The van der Waals surface area contributed by atoms with Crippen LogP contribution in [0.1, 0.15) is 36.5 Å². The number of nitrogens with one attached hydrogen (secondary N) is 1. The Balaban J connectivity index is 2.06. The maximum atomic E-state index is 12.0. The van der Waals surface area contributed by atoms with Crippen molar-refractivity contribution < 1.29 is 4.79 Å². The van der Waals surface area contributed by atoms with Crippen molar-refractivity contribution in [2.45, 2.75) is 32.2 Å². The monoisotopic (exact) mass is 316 g/mol. The SMILES string of the molecule is CC1CCC(NC(=O)c2cc(Br)cnc2Cl)C1. The molecule has 0 aromatic carbocycles. The van der Waals surface area contributed by atoms with Gasteiger partial charge >= 0.3 is 0 Å². The second-order valence-corrected chi connectivity index (χ2v) is 5.85. The van der Waals surface area contributed by atoms with Crippen LogP contribution in [-0.4, -0.2) is 16.9 Å². The lowest BCUT2D eigenvalue weighted by Gasteiger charge is -2.13. The Hall–Kier alpha value is -0.610. The van der Waals surface area contributed by atoms with Gasteiger partial charge in [-0.15, -0.1) is 0 Å². The number of nitrogens with zero attached hydrogens (tertiary/aromatic N) is 1. The summed E-state index contributed by atoms with van der Waals surface area (Å²) in [5.74, 6) is 0.555. The number of halogens is 2. The second kappa shape index (κ2) is 5.36. The summed E-state index contributed by atoms with van der Waals surface area (Å²) in [6, 6.07) is 1.97. The van der Waals surface area contributed by atoms with E-state index in [1.807, 2.05) is 0 Å². The van der Waals surface area contributed by atoms with Crippen molar-refractivity contribution in [1.82, 2.24) is 10.3 Å². The standard InChI is InChI=1S/C12H14BrClN2O/c1-7-2-3-9(4-7)16-12(17)10-5-8(13)6-15-11(10)14/h5-7,9H,2-4H2,1H3,(H,16,17). The molecule has 0 radical (unpaired) electrons. The van der Waals surface area contributed by atoms with Gasteiger partial charge in [-0.05, 0) is 47.2 Å². The van der Waals surface area contributed by atoms with Crippen LogP contribution in [0.2, 0.25) is 5.15 Å². The van der Waals surface area contributed by atoms with E-state index >= 15 is 0 Å². The van der Waals surface area contributed by atoms with Crippen molar-refractivity contribution in [2.24, 2.45) is 5.92 Å². The average molecular weight is 318 g/mol. The summed E-state index contributed by atoms with van der Waals surface area (Å²) in [4.78, 5) is 16.0. The van der Waals surface area contributed by atoms with Gasteiger partial charge in [0.15, 0.2) is 0 Å². The number of hydrogen-bond acceptors (Lipinski definition) is 2. The molecule has 1 fully saturated rings. The van der Waals surface area contributed by atoms with E-state index in [2.05, 4.69) is 33.2 Å². The van der Waals surface area contributed by atoms with Gasteiger partial charge in [0.1, 0.15) is 5.15 Å². The van der Waals surface area contributed by atoms with E-state index in [4.69, 9.17) is 11.6 Å². The summed E-state index contributed by atoms with van der Waals surface area (Å²) < 4.78 is 0.756. The Kier molecular flexibility index (Phi) is 4.05. The third-order valence-corrected chi connectivity index (χ3v) is 3.82. The van der Waals surface area contributed by atoms with Gasteiger partial charge in [0.25, 0.3) is 5.91 Å². The lowest BCUT2D eigenvalue weighted by molar-refractivity contribution is 0.0937. The summed E-state index contributed by atoms with van der Waals surface area (Å²) in [6.45, 7) is 2.21. The highest BCUT2D eigenvalue weighted by Crippen LogP contribution is 2.25. The van der Waals surface area contributed by atoms with Crippen LogP contribution < -0.4 is 5.32 Å². The van der Waals surface area contributed by atoms with Crippen LogP contribution in [0.25, 0.3) is 0 Å². The van der Waals surface area contributed by atoms with Crippen molar-refractivity contribution in [3.8, 4) is 0 Å². The van der Waals surface area contributed by atoms with Crippen LogP contribution in [0.5, 0.6) is 0 Å². The van der Waals surface area contributed by atoms with Crippen LogP contribution in [0.4, 0.5) is 0 Å². The van der Waals surface area contributed by atoms with Gasteiger partial charge < -0.3 is 5.32 Å². The minimum absolute atomic E-state index is 0.136. The number of pyridine rings is 1. The molecule has 1 aliphatic rings. The molecule has 1 heterocycles. The number of rotatable bonds is 2. The first-order chi connectivity index (χ1) is 8.06. The zero-order valence-electron chi connectivity index (χ0n) is 9.54. The van der Waals surface area contributed by atoms with Gasteiger partial charge in [-0.3, -0.25) is 4.79 Å². The third kappa shape index (κ3) is 3.19. The van der Waals surface area contributed by atoms with Gasteiger partial charge in [-0.2, -0.15) is 0 Å². The van der Waals surface area contributed by atoms with Crippen molar-refractivity contribution in [3.63, 3.8) is 0 Å². The van der Waals surface area contributed by atoms with E-state index in [1.165, 1.54) is 6.42 Å². The summed E-state index contributed by atoms with van der Waals surface area (Å²) in [5, 5.41) is 3.26. The molecule has 2 unspecified atom stereocenters. The smallest absolute Gasteiger partial charge is 0.254 e. The molecule has 5 heteroatoms. The second-order valence-electron chi connectivity index (χ2n) is 4.58. The molecule has 92 valence electrons. The van der Waals surface area contributed by atoms with Crippen molar-refractivity contribution in [3.05, 3.63) is 27.5 Å². The zero-order chi connectivity index (χ0) is 12.4. The maximum Gasteiger partial charge on any atom is 0.254 e. The molecule has 2 atom stereocenters. The van der Waals surface area contributed by atoms with Crippen LogP contribution in [0.3, 0.4) is 0 Å². The van der Waals surface area contributed by atoms with Gasteiger partial charge in [0, 0.05) is 16.7 Å². The van der Waals surface area contributed by atoms with E-state index in [9.17, 15) is 4.79 Å². The minimum atomic E-state index is -0.136. The molecule has 1 aromatic rings. The van der Waals surface area contributed by atoms with Crippen LogP contribution in [0, 0.1) is 5.92 Å². The van der Waals surface area contributed by atoms with Crippen molar-refractivity contribution in [2.75, 3.05) is 0 Å². The molecular formula is C12H14BrClN2O. The molecular weight excluding hydrogens is 304 g/mol. The fourth-order valence-electron chi connectivity index (χ4n) is 2.18. The molecule has 3 nitrogen and oxygen atoms in total. The Morgan fingerprint density at radius 2 is 2.35 bits per heavy atom. The normalized spacial score (nSPS) is 23.7. The number of hydrogen-bond donors (Lipinski definition) is 1. The molecule has 0 bridgehead atoms. The van der Waals surface area contributed by atoms with Crippen LogP contribution in [0.15, 0.2) is 16.7 Å². The number of aromatic nitrogens is 1. The summed E-state index contributed by atoms with van der Waals surface area (Å²) in [6.07, 6.45) is 4.85. The predicted molar refractivity (Wildman–Crippen MR) is 71.2 cm³/mol. The highest BCUT2D eigenvalue weighted by molar-refractivity contribution is 9.10. The van der Waals surface area contributed by atoms with E-state index in [-0.39, 0.29) is 17.1 Å². The molecule has 0 spiro atoms. The van der Waals surface area contributed by atoms with E-state index in [1.54, 1.807) is 12.3 Å². The highest BCUT2D eigenvalue weighted by atomic mass is 79.9. The number of carbonyl (C=O) groups excluding carboxylic acids is 1. The molecule has 0 aliphatic heterocycles. The lowest BCUT2D eigenvalue weighted by atomic mass is 10.1. The molecule has 1 aromatic heterocycles. The Bertz CT molecular complexity index is 439. The van der Waals surface area contributed by atoms with E-state index in [0.29, 0.717) is 11.5 Å². The molecule has 1 aliphatic carbocycles. The molecule has 17 heavy (non-hydrogen) atoms. The Morgan fingerprint density at radius 1 is 1.59 bits per heavy atom. The predicted octanol–water partition coefficient (Wildman–Crippen LogP) is 3.42. The average Bonchev–Trinajstić information content (AvgIpc) is 2.67. The topological polar surface area (TPSA) is 42.0 Å². The first-order valence-corrected chi connectivity index (χ1v) is 6.85. The van der Waals surface area contributed by atoms with E-state index in [0.717, 1.165) is 17.3 Å². The molecule has 2 rings (SSSR count). The summed E-state index contributed by atoms with van der Waals surface area (Å²) in [5.41, 5.74) is 0.431. The molecule has 1 N–H and O–H groups in total. The molecule has 1 saturated carbocycles. The molecule has 0 saturated heterocycles. The van der Waals surface area contributed by atoms with Crippen LogP contribution >= 0.6 is 27.5 Å². The Morgan fingerprint density at radius 3 is 3.00 bits per heavy atom. The van der Waals surface area contributed by atoms with Gasteiger partial charge in [0.05, 0.1) is 5.56 Å². The maximum absolute atomic E-state index is 12.0. The largest absolute Gasteiger partial charge is 0.349 e. The minimum Gasteiger partial charge on any atom is -0.349 e. The quantitative estimate of drug-likeness (QED) is 0.849. The third-order valence-electron chi connectivity index (χ3n) is 3.08.